The summed E-state index contributed by atoms with van der Waals surface area (Å²) in [6.45, 7) is 1.10. The third kappa shape index (κ3) is 4.63. The summed E-state index contributed by atoms with van der Waals surface area (Å²) in [5.41, 5.74) is 3.82. The Morgan fingerprint density at radius 3 is 2.66 bits per heavy atom. The van der Waals surface area contributed by atoms with Crippen LogP contribution in [-0.4, -0.2) is 20.7 Å². The number of aryl methyl sites for hydroxylation is 1. The van der Waals surface area contributed by atoms with Crippen LogP contribution in [0.25, 0.3) is 22.2 Å². The molecule has 0 aliphatic rings. The molecule has 146 valence electrons. The molecule has 5 nitrogen and oxygen atoms in total. The van der Waals surface area contributed by atoms with Crippen molar-refractivity contribution in [2.24, 2.45) is 0 Å². The Morgan fingerprint density at radius 1 is 1.03 bits per heavy atom. The maximum Gasteiger partial charge on any atom is 0.220 e. The molecule has 1 N–H and O–H groups in total. The van der Waals surface area contributed by atoms with Gasteiger partial charge in [-0.15, -0.1) is 0 Å². The van der Waals surface area contributed by atoms with Crippen LogP contribution in [-0.2, 0) is 17.9 Å². The summed E-state index contributed by atoms with van der Waals surface area (Å²) in [5, 5.41) is 9.42. The molecule has 0 unspecified atom stereocenters. The number of hydrogen-bond acceptors (Lipinski definition) is 3. The zero-order valence-corrected chi connectivity index (χ0v) is 16.6. The van der Waals surface area contributed by atoms with Gasteiger partial charge in [0.2, 0.25) is 5.91 Å². The average Bonchev–Trinajstić information content (AvgIpc) is 3.11. The molecule has 0 radical (unpaired) electrons. The summed E-state index contributed by atoms with van der Waals surface area (Å²) in [6.07, 6.45) is 2.85. The molecule has 4 aromatic rings. The SMILES string of the molecule is O=C(CCCn1nc(-c2ccccc2)c2cc(Cl)ccc21)NCc1ccccn1. The lowest BCUT2D eigenvalue weighted by Gasteiger charge is -2.06. The number of nitrogens with one attached hydrogen (secondary N) is 1. The summed E-state index contributed by atoms with van der Waals surface area (Å²) >= 11 is 6.22. The van der Waals surface area contributed by atoms with E-state index in [4.69, 9.17) is 16.7 Å². The van der Waals surface area contributed by atoms with E-state index in [9.17, 15) is 4.79 Å². The topological polar surface area (TPSA) is 59.8 Å². The van der Waals surface area contributed by atoms with E-state index >= 15 is 0 Å². The zero-order chi connectivity index (χ0) is 20.1. The van der Waals surface area contributed by atoms with Crippen molar-refractivity contribution in [2.45, 2.75) is 25.9 Å². The number of rotatable bonds is 7. The maximum absolute atomic E-state index is 12.2. The van der Waals surface area contributed by atoms with Gasteiger partial charge in [0.05, 0.1) is 17.8 Å². The molecule has 1 amide bonds. The van der Waals surface area contributed by atoms with E-state index < -0.39 is 0 Å². The minimum atomic E-state index is 0.0124. The Balaban J connectivity index is 1.44. The van der Waals surface area contributed by atoms with Crippen molar-refractivity contribution in [3.63, 3.8) is 0 Å². The predicted octanol–water partition coefficient (Wildman–Crippen LogP) is 4.85. The number of carbonyl (C=O) groups is 1. The van der Waals surface area contributed by atoms with Gasteiger partial charge in [-0.2, -0.15) is 5.10 Å². The van der Waals surface area contributed by atoms with E-state index in [0.29, 0.717) is 31.0 Å². The Bertz CT molecular complexity index is 1110. The van der Waals surface area contributed by atoms with Crippen molar-refractivity contribution in [2.75, 3.05) is 0 Å². The molecule has 0 fully saturated rings. The summed E-state index contributed by atoms with van der Waals surface area (Å²) in [4.78, 5) is 16.4. The lowest BCUT2D eigenvalue weighted by atomic mass is 10.1. The number of hydrogen-bond donors (Lipinski definition) is 1. The van der Waals surface area contributed by atoms with E-state index in [2.05, 4.69) is 10.3 Å². The average molecular weight is 405 g/mol. The molecule has 2 aromatic carbocycles. The lowest BCUT2D eigenvalue weighted by molar-refractivity contribution is -0.121. The molecule has 2 heterocycles. The molecular formula is C23H21ClN4O. The van der Waals surface area contributed by atoms with Gasteiger partial charge >= 0.3 is 0 Å². The first-order valence-electron chi connectivity index (χ1n) is 9.59. The second kappa shape index (κ2) is 8.88. The molecular weight excluding hydrogens is 384 g/mol. The van der Waals surface area contributed by atoms with E-state index in [-0.39, 0.29) is 5.91 Å². The molecule has 0 saturated carbocycles. The smallest absolute Gasteiger partial charge is 0.220 e. The predicted molar refractivity (Wildman–Crippen MR) is 115 cm³/mol. The fourth-order valence-electron chi connectivity index (χ4n) is 3.30. The molecule has 0 bridgehead atoms. The molecule has 6 heteroatoms. The number of amides is 1. The van der Waals surface area contributed by atoms with Crippen LogP contribution in [0.2, 0.25) is 5.02 Å². The van der Waals surface area contributed by atoms with Crippen LogP contribution < -0.4 is 5.32 Å². The molecule has 29 heavy (non-hydrogen) atoms. The molecule has 0 atom stereocenters. The highest BCUT2D eigenvalue weighted by molar-refractivity contribution is 6.31. The number of fused-ring (bicyclic) bond motifs is 1. The monoisotopic (exact) mass is 404 g/mol. The minimum Gasteiger partial charge on any atom is -0.350 e. The quantitative estimate of drug-likeness (QED) is 0.479. The fraction of sp³-hybridized carbons (Fsp3) is 0.174. The standard InChI is InChI=1S/C23H21ClN4O/c24-18-11-12-21-20(15-18)23(17-7-2-1-3-8-17)27-28(21)14-6-10-22(29)26-16-19-9-4-5-13-25-19/h1-5,7-9,11-13,15H,6,10,14,16H2,(H,26,29). The van der Waals surface area contributed by atoms with E-state index in [1.54, 1.807) is 6.20 Å². The van der Waals surface area contributed by atoms with Crippen molar-refractivity contribution < 1.29 is 4.79 Å². The summed E-state index contributed by atoms with van der Waals surface area (Å²) < 4.78 is 1.96. The van der Waals surface area contributed by atoms with Gasteiger partial charge in [-0.05, 0) is 36.8 Å². The first kappa shape index (κ1) is 19.2. The zero-order valence-electron chi connectivity index (χ0n) is 15.9. The fourth-order valence-corrected chi connectivity index (χ4v) is 3.47. The van der Waals surface area contributed by atoms with Gasteiger partial charge < -0.3 is 5.32 Å². The molecule has 2 aromatic heterocycles. The molecule has 0 aliphatic heterocycles. The van der Waals surface area contributed by atoms with E-state index in [0.717, 1.165) is 27.9 Å². The number of pyridine rings is 1. The number of aromatic nitrogens is 3. The maximum atomic E-state index is 12.2. The minimum absolute atomic E-state index is 0.0124. The molecule has 0 spiro atoms. The second-order valence-electron chi connectivity index (χ2n) is 6.80. The highest BCUT2D eigenvalue weighted by Crippen LogP contribution is 2.30. The van der Waals surface area contributed by atoms with Crippen LogP contribution in [0, 0.1) is 0 Å². The highest BCUT2D eigenvalue weighted by Gasteiger charge is 2.13. The Morgan fingerprint density at radius 2 is 1.86 bits per heavy atom. The van der Waals surface area contributed by atoms with Gasteiger partial charge in [-0.25, -0.2) is 0 Å². The number of benzene rings is 2. The van der Waals surface area contributed by atoms with Gasteiger partial charge in [-0.1, -0.05) is 48.0 Å². The first-order chi connectivity index (χ1) is 14.2. The van der Waals surface area contributed by atoms with Gasteiger partial charge in [0, 0.05) is 35.1 Å². The van der Waals surface area contributed by atoms with Gasteiger partial charge in [0.1, 0.15) is 5.69 Å². The Labute approximate surface area is 174 Å². The highest BCUT2D eigenvalue weighted by atomic mass is 35.5. The third-order valence-corrected chi connectivity index (χ3v) is 4.96. The van der Waals surface area contributed by atoms with Crippen LogP contribution in [0.1, 0.15) is 18.5 Å². The Kier molecular flexibility index (Phi) is 5.86. The van der Waals surface area contributed by atoms with Crippen LogP contribution in [0.3, 0.4) is 0 Å². The second-order valence-corrected chi connectivity index (χ2v) is 7.24. The van der Waals surface area contributed by atoms with Gasteiger partial charge in [-0.3, -0.25) is 14.5 Å². The van der Waals surface area contributed by atoms with Crippen LogP contribution >= 0.6 is 11.6 Å². The van der Waals surface area contributed by atoms with Crippen molar-refractivity contribution in [1.29, 1.82) is 0 Å². The third-order valence-electron chi connectivity index (χ3n) is 4.73. The normalized spacial score (nSPS) is 10.9. The van der Waals surface area contributed by atoms with Crippen LogP contribution in [0.5, 0.6) is 0 Å². The van der Waals surface area contributed by atoms with Crippen molar-refractivity contribution >= 4 is 28.4 Å². The molecule has 4 rings (SSSR count). The summed E-state index contributed by atoms with van der Waals surface area (Å²) in [5.74, 6) is 0.0124. The summed E-state index contributed by atoms with van der Waals surface area (Å²) in [7, 11) is 0. The van der Waals surface area contributed by atoms with Crippen LogP contribution in [0.4, 0.5) is 0 Å². The lowest BCUT2D eigenvalue weighted by Crippen LogP contribution is -2.23. The molecule has 0 aliphatic carbocycles. The van der Waals surface area contributed by atoms with E-state index in [1.807, 2.05) is 71.4 Å². The van der Waals surface area contributed by atoms with E-state index in [1.165, 1.54) is 0 Å². The molecule has 0 saturated heterocycles. The van der Waals surface area contributed by atoms with Crippen molar-refractivity contribution in [1.82, 2.24) is 20.1 Å². The largest absolute Gasteiger partial charge is 0.350 e. The van der Waals surface area contributed by atoms with Crippen LogP contribution in [0.15, 0.2) is 72.9 Å². The van der Waals surface area contributed by atoms with Gasteiger partial charge in [0.15, 0.2) is 0 Å². The number of nitrogens with zero attached hydrogens (tertiary/aromatic N) is 3. The van der Waals surface area contributed by atoms with Crippen molar-refractivity contribution in [3.05, 3.63) is 83.6 Å². The number of carbonyl (C=O) groups excluding carboxylic acids is 1. The Hall–Kier alpha value is -3.18. The first-order valence-corrected chi connectivity index (χ1v) is 9.96. The van der Waals surface area contributed by atoms with Gasteiger partial charge in [0.25, 0.3) is 0 Å². The summed E-state index contributed by atoms with van der Waals surface area (Å²) in [6, 6.07) is 21.5. The van der Waals surface area contributed by atoms with Crippen molar-refractivity contribution in [3.8, 4) is 11.3 Å². The number of halogens is 1.